The molecule has 0 spiro atoms. The largest absolute Gasteiger partial charge is 0.478 e. The van der Waals surface area contributed by atoms with E-state index in [2.05, 4.69) is 21.2 Å². The van der Waals surface area contributed by atoms with Crippen molar-refractivity contribution in [3.8, 4) is 0 Å². The number of nitro groups is 1. The maximum atomic E-state index is 13.6. The number of thiophene rings is 1. The Morgan fingerprint density at radius 2 is 2.19 bits per heavy atom. The smallest absolute Gasteiger partial charge is 0.338 e. The molecular weight excluding hydrogens is 367 g/mol. The quantitative estimate of drug-likeness (QED) is 0.612. The molecule has 0 saturated carbocycles. The SMILES string of the molecule is O=C(O)c1cc([N+](=O)[O-])c(NCc2cc(Br)cs2)cc1F. The van der Waals surface area contributed by atoms with E-state index in [0.29, 0.717) is 6.07 Å². The van der Waals surface area contributed by atoms with Crippen molar-refractivity contribution < 1.29 is 19.2 Å². The molecule has 0 aliphatic rings. The first-order valence-electron chi connectivity index (χ1n) is 5.56. The van der Waals surface area contributed by atoms with Gasteiger partial charge in [0.25, 0.3) is 5.69 Å². The Morgan fingerprint density at radius 1 is 1.48 bits per heavy atom. The van der Waals surface area contributed by atoms with Crippen LogP contribution < -0.4 is 5.32 Å². The highest BCUT2D eigenvalue weighted by atomic mass is 79.9. The maximum absolute atomic E-state index is 13.6. The number of anilines is 1. The van der Waals surface area contributed by atoms with Crippen LogP contribution in [0.1, 0.15) is 15.2 Å². The van der Waals surface area contributed by atoms with E-state index < -0.39 is 28.0 Å². The van der Waals surface area contributed by atoms with Gasteiger partial charge in [-0.15, -0.1) is 11.3 Å². The Hall–Kier alpha value is -2.00. The van der Waals surface area contributed by atoms with Crippen LogP contribution in [-0.4, -0.2) is 16.0 Å². The number of benzene rings is 1. The molecule has 1 aromatic carbocycles. The molecule has 21 heavy (non-hydrogen) atoms. The third-order valence-corrected chi connectivity index (χ3v) is 4.28. The summed E-state index contributed by atoms with van der Waals surface area (Å²) < 4.78 is 14.5. The molecular formula is C12H8BrFN2O4S. The molecule has 0 atom stereocenters. The van der Waals surface area contributed by atoms with Crippen LogP contribution in [0.5, 0.6) is 0 Å². The highest BCUT2D eigenvalue weighted by molar-refractivity contribution is 9.10. The number of nitro benzene ring substituents is 1. The van der Waals surface area contributed by atoms with E-state index in [4.69, 9.17) is 5.11 Å². The second-order valence-corrected chi connectivity index (χ2v) is 5.91. The van der Waals surface area contributed by atoms with Gasteiger partial charge in [-0.2, -0.15) is 0 Å². The minimum atomic E-state index is -1.55. The van der Waals surface area contributed by atoms with Crippen molar-refractivity contribution in [1.29, 1.82) is 0 Å². The predicted molar refractivity (Wildman–Crippen MR) is 79.4 cm³/mol. The summed E-state index contributed by atoms with van der Waals surface area (Å²) in [5, 5.41) is 24.3. The third kappa shape index (κ3) is 3.56. The van der Waals surface area contributed by atoms with Crippen molar-refractivity contribution in [3.63, 3.8) is 0 Å². The topological polar surface area (TPSA) is 92.5 Å². The zero-order valence-corrected chi connectivity index (χ0v) is 12.7. The van der Waals surface area contributed by atoms with E-state index >= 15 is 0 Å². The number of aromatic carboxylic acids is 1. The van der Waals surface area contributed by atoms with Crippen LogP contribution in [-0.2, 0) is 6.54 Å². The lowest BCUT2D eigenvalue weighted by Crippen LogP contribution is -2.07. The summed E-state index contributed by atoms with van der Waals surface area (Å²) in [5.74, 6) is -2.58. The Balaban J connectivity index is 2.31. The molecule has 1 aromatic heterocycles. The van der Waals surface area contributed by atoms with Gasteiger partial charge in [0.15, 0.2) is 0 Å². The van der Waals surface area contributed by atoms with Crippen LogP contribution in [0.15, 0.2) is 28.1 Å². The predicted octanol–water partition coefficient (Wildman–Crippen LogP) is 3.87. The van der Waals surface area contributed by atoms with Gasteiger partial charge in [0, 0.05) is 33.4 Å². The highest BCUT2D eigenvalue weighted by Crippen LogP contribution is 2.29. The highest BCUT2D eigenvalue weighted by Gasteiger charge is 2.21. The van der Waals surface area contributed by atoms with Crippen molar-refractivity contribution >= 4 is 44.6 Å². The molecule has 110 valence electrons. The van der Waals surface area contributed by atoms with Crippen molar-refractivity contribution in [3.05, 3.63) is 54.4 Å². The van der Waals surface area contributed by atoms with E-state index in [9.17, 15) is 19.3 Å². The summed E-state index contributed by atoms with van der Waals surface area (Å²) >= 11 is 4.71. The summed E-state index contributed by atoms with van der Waals surface area (Å²) in [5.41, 5.74) is -1.28. The lowest BCUT2D eigenvalue weighted by atomic mass is 10.1. The number of nitrogens with one attached hydrogen (secondary N) is 1. The Morgan fingerprint density at radius 3 is 2.71 bits per heavy atom. The van der Waals surface area contributed by atoms with E-state index in [0.717, 1.165) is 15.4 Å². The number of nitrogens with zero attached hydrogens (tertiary/aromatic N) is 1. The molecule has 0 aliphatic carbocycles. The summed E-state index contributed by atoms with van der Waals surface area (Å²) in [6.07, 6.45) is 0. The monoisotopic (exact) mass is 374 g/mol. The van der Waals surface area contributed by atoms with E-state index in [1.807, 2.05) is 11.4 Å². The first-order valence-corrected chi connectivity index (χ1v) is 7.23. The number of carboxylic acid groups (broad SMARTS) is 1. The second kappa shape index (κ2) is 6.19. The van der Waals surface area contributed by atoms with Gasteiger partial charge in [0.2, 0.25) is 0 Å². The lowest BCUT2D eigenvalue weighted by Gasteiger charge is -2.07. The fourth-order valence-electron chi connectivity index (χ4n) is 1.65. The molecule has 9 heteroatoms. The van der Waals surface area contributed by atoms with Crippen LogP contribution >= 0.6 is 27.3 Å². The van der Waals surface area contributed by atoms with Gasteiger partial charge in [-0.25, -0.2) is 9.18 Å². The van der Waals surface area contributed by atoms with Crippen LogP contribution in [0.3, 0.4) is 0 Å². The van der Waals surface area contributed by atoms with Gasteiger partial charge in [0.1, 0.15) is 17.1 Å². The molecule has 0 bridgehead atoms. The van der Waals surface area contributed by atoms with Crippen LogP contribution in [0.2, 0.25) is 0 Å². The lowest BCUT2D eigenvalue weighted by molar-refractivity contribution is -0.384. The Labute approximate surface area is 130 Å². The molecule has 0 amide bonds. The van der Waals surface area contributed by atoms with Gasteiger partial charge in [-0.3, -0.25) is 10.1 Å². The maximum Gasteiger partial charge on any atom is 0.338 e. The number of carbonyl (C=O) groups is 1. The van der Waals surface area contributed by atoms with Gasteiger partial charge in [-0.05, 0) is 22.0 Å². The minimum absolute atomic E-state index is 0.0629. The summed E-state index contributed by atoms with van der Waals surface area (Å²) in [6, 6.07) is 3.36. The normalized spacial score (nSPS) is 10.4. The number of hydrogen-bond donors (Lipinski definition) is 2. The van der Waals surface area contributed by atoms with Crippen molar-refractivity contribution in [2.24, 2.45) is 0 Å². The molecule has 2 aromatic rings. The fourth-order valence-corrected chi connectivity index (χ4v) is 3.04. The van der Waals surface area contributed by atoms with Gasteiger partial charge >= 0.3 is 5.97 Å². The van der Waals surface area contributed by atoms with Gasteiger partial charge in [-0.1, -0.05) is 0 Å². The number of hydrogen-bond acceptors (Lipinski definition) is 5. The van der Waals surface area contributed by atoms with E-state index in [-0.39, 0.29) is 12.2 Å². The molecule has 2 rings (SSSR count). The molecule has 0 fully saturated rings. The summed E-state index contributed by atoms with van der Waals surface area (Å²) in [7, 11) is 0. The van der Waals surface area contributed by atoms with Crippen molar-refractivity contribution in [1.82, 2.24) is 0 Å². The standard InChI is InChI=1S/C12H8BrFN2O4S/c13-6-1-7(21-5-6)4-15-10-3-9(14)8(12(17)18)2-11(10)16(19)20/h1-3,5,15H,4H2,(H,17,18). The molecule has 6 nitrogen and oxygen atoms in total. The Bertz CT molecular complexity index is 719. The molecule has 1 heterocycles. The van der Waals surface area contributed by atoms with Gasteiger partial charge < -0.3 is 10.4 Å². The summed E-state index contributed by atoms with van der Waals surface area (Å²) in [4.78, 5) is 21.9. The number of rotatable bonds is 5. The van der Waals surface area contributed by atoms with Crippen LogP contribution in [0, 0.1) is 15.9 Å². The van der Waals surface area contributed by atoms with Crippen LogP contribution in [0.4, 0.5) is 15.8 Å². The average molecular weight is 375 g/mol. The first-order chi connectivity index (χ1) is 9.88. The van der Waals surface area contributed by atoms with Gasteiger partial charge in [0.05, 0.1) is 4.92 Å². The third-order valence-electron chi connectivity index (χ3n) is 2.59. The Kier molecular flexibility index (Phi) is 4.53. The average Bonchev–Trinajstić information content (AvgIpc) is 2.81. The summed E-state index contributed by atoms with van der Waals surface area (Å²) in [6.45, 7) is 0.267. The van der Waals surface area contributed by atoms with E-state index in [1.54, 1.807) is 0 Å². The zero-order chi connectivity index (χ0) is 15.6. The molecule has 0 saturated heterocycles. The zero-order valence-electron chi connectivity index (χ0n) is 10.3. The number of halogens is 2. The van der Waals surface area contributed by atoms with Crippen LogP contribution in [0.25, 0.3) is 0 Å². The molecule has 0 radical (unpaired) electrons. The molecule has 2 N–H and O–H groups in total. The number of carboxylic acids is 1. The molecule has 0 unspecified atom stereocenters. The fraction of sp³-hybridized carbons (Fsp3) is 0.0833. The van der Waals surface area contributed by atoms with Crippen molar-refractivity contribution in [2.45, 2.75) is 6.54 Å². The first kappa shape index (κ1) is 15.4. The van der Waals surface area contributed by atoms with Crippen molar-refractivity contribution in [2.75, 3.05) is 5.32 Å². The second-order valence-electron chi connectivity index (χ2n) is 4.00. The molecule has 0 aliphatic heterocycles. The van der Waals surface area contributed by atoms with E-state index in [1.165, 1.54) is 11.3 Å². The minimum Gasteiger partial charge on any atom is -0.478 e.